The highest BCUT2D eigenvalue weighted by atomic mass is 16.5. The molecule has 1 fully saturated rings. The quantitative estimate of drug-likeness (QED) is 0.769. The monoisotopic (exact) mass is 193 g/mol. The Bertz CT molecular complexity index is 295. The van der Waals surface area contributed by atoms with E-state index in [0.717, 1.165) is 31.9 Å². The topological polar surface area (TPSA) is 41.5 Å². The van der Waals surface area contributed by atoms with Gasteiger partial charge < -0.3 is 15.2 Å². The van der Waals surface area contributed by atoms with E-state index in [1.807, 2.05) is 12.1 Å². The Balaban J connectivity index is 1.85. The van der Waals surface area contributed by atoms with Gasteiger partial charge in [-0.1, -0.05) is 6.07 Å². The largest absolute Gasteiger partial charge is 0.508 e. The minimum atomic E-state index is 0.303. The predicted molar refractivity (Wildman–Crippen MR) is 55.5 cm³/mol. The lowest BCUT2D eigenvalue weighted by Crippen LogP contribution is -2.13. The van der Waals surface area contributed by atoms with Crippen molar-refractivity contribution in [2.45, 2.75) is 6.42 Å². The molecule has 1 unspecified atom stereocenters. The molecule has 1 aromatic rings. The minimum Gasteiger partial charge on any atom is -0.508 e. The summed E-state index contributed by atoms with van der Waals surface area (Å²) in [5, 5.41) is 12.5. The van der Waals surface area contributed by atoms with Crippen LogP contribution in [-0.4, -0.2) is 24.9 Å². The summed E-state index contributed by atoms with van der Waals surface area (Å²) in [5.74, 6) is 0.912. The average molecular weight is 193 g/mol. The molecule has 1 aliphatic rings. The summed E-state index contributed by atoms with van der Waals surface area (Å²) in [7, 11) is 0. The van der Waals surface area contributed by atoms with Gasteiger partial charge >= 0.3 is 0 Å². The molecule has 0 aliphatic carbocycles. The fourth-order valence-electron chi connectivity index (χ4n) is 1.62. The van der Waals surface area contributed by atoms with Crippen molar-refractivity contribution >= 4 is 5.69 Å². The first-order valence-corrected chi connectivity index (χ1v) is 4.95. The molecule has 0 spiro atoms. The van der Waals surface area contributed by atoms with Crippen LogP contribution in [0.1, 0.15) is 6.42 Å². The third kappa shape index (κ3) is 2.39. The van der Waals surface area contributed by atoms with E-state index in [-0.39, 0.29) is 0 Å². The van der Waals surface area contributed by atoms with Gasteiger partial charge in [0.2, 0.25) is 0 Å². The van der Waals surface area contributed by atoms with Gasteiger partial charge in [-0.15, -0.1) is 0 Å². The van der Waals surface area contributed by atoms with Crippen LogP contribution in [0.15, 0.2) is 24.3 Å². The van der Waals surface area contributed by atoms with Crippen LogP contribution < -0.4 is 5.32 Å². The molecule has 14 heavy (non-hydrogen) atoms. The third-order valence-corrected chi connectivity index (χ3v) is 2.47. The average Bonchev–Trinajstić information content (AvgIpc) is 2.67. The maximum atomic E-state index is 9.24. The van der Waals surface area contributed by atoms with Gasteiger partial charge in [-0.25, -0.2) is 0 Å². The highest BCUT2D eigenvalue weighted by Gasteiger charge is 2.14. The van der Waals surface area contributed by atoms with Gasteiger partial charge in [-0.05, 0) is 18.6 Å². The van der Waals surface area contributed by atoms with Crippen molar-refractivity contribution < 1.29 is 9.84 Å². The van der Waals surface area contributed by atoms with Gasteiger partial charge in [-0.2, -0.15) is 0 Å². The van der Waals surface area contributed by atoms with Crippen LogP contribution in [0.3, 0.4) is 0 Å². The number of phenolic OH excluding ortho intramolecular Hbond substituents is 1. The number of anilines is 1. The van der Waals surface area contributed by atoms with Crippen molar-refractivity contribution in [3.05, 3.63) is 24.3 Å². The Labute approximate surface area is 83.7 Å². The first-order chi connectivity index (χ1) is 6.84. The Morgan fingerprint density at radius 2 is 2.43 bits per heavy atom. The van der Waals surface area contributed by atoms with E-state index in [1.54, 1.807) is 12.1 Å². The second-order valence-corrected chi connectivity index (χ2v) is 3.66. The summed E-state index contributed by atoms with van der Waals surface area (Å²) in [6.07, 6.45) is 1.13. The molecule has 0 bridgehead atoms. The van der Waals surface area contributed by atoms with Gasteiger partial charge in [0.05, 0.1) is 6.61 Å². The summed E-state index contributed by atoms with van der Waals surface area (Å²) in [4.78, 5) is 0. The fraction of sp³-hybridized carbons (Fsp3) is 0.455. The van der Waals surface area contributed by atoms with E-state index < -0.39 is 0 Å². The number of benzene rings is 1. The normalized spacial score (nSPS) is 21.0. The van der Waals surface area contributed by atoms with Crippen LogP contribution in [-0.2, 0) is 4.74 Å². The molecule has 2 N–H and O–H groups in total. The molecule has 3 heteroatoms. The van der Waals surface area contributed by atoms with Crippen molar-refractivity contribution in [3.63, 3.8) is 0 Å². The van der Waals surface area contributed by atoms with Crippen molar-refractivity contribution in [3.8, 4) is 5.75 Å². The molecule has 2 rings (SSSR count). The first-order valence-electron chi connectivity index (χ1n) is 4.95. The number of nitrogens with one attached hydrogen (secondary N) is 1. The zero-order valence-electron chi connectivity index (χ0n) is 8.07. The van der Waals surface area contributed by atoms with Crippen LogP contribution in [0.25, 0.3) is 0 Å². The van der Waals surface area contributed by atoms with E-state index in [0.29, 0.717) is 11.7 Å². The van der Waals surface area contributed by atoms with E-state index in [9.17, 15) is 5.11 Å². The van der Waals surface area contributed by atoms with Crippen molar-refractivity contribution in [2.24, 2.45) is 5.92 Å². The lowest BCUT2D eigenvalue weighted by molar-refractivity contribution is 0.187. The number of phenols is 1. The SMILES string of the molecule is Oc1cccc(NCC2CCOC2)c1. The molecule has 1 heterocycles. The third-order valence-electron chi connectivity index (χ3n) is 2.47. The van der Waals surface area contributed by atoms with E-state index in [4.69, 9.17) is 4.74 Å². The van der Waals surface area contributed by atoms with Crippen molar-refractivity contribution in [1.82, 2.24) is 0 Å². The Morgan fingerprint density at radius 3 is 3.14 bits per heavy atom. The summed E-state index contributed by atoms with van der Waals surface area (Å²) >= 11 is 0. The Hall–Kier alpha value is -1.22. The van der Waals surface area contributed by atoms with E-state index in [1.165, 1.54) is 0 Å². The molecule has 1 aromatic carbocycles. The first kappa shape index (κ1) is 9.34. The van der Waals surface area contributed by atoms with E-state index >= 15 is 0 Å². The van der Waals surface area contributed by atoms with Gasteiger partial charge in [-0.3, -0.25) is 0 Å². The Morgan fingerprint density at radius 1 is 1.50 bits per heavy atom. The summed E-state index contributed by atoms with van der Waals surface area (Å²) in [6, 6.07) is 7.19. The molecular weight excluding hydrogens is 178 g/mol. The number of rotatable bonds is 3. The molecule has 1 saturated heterocycles. The van der Waals surface area contributed by atoms with Gasteiger partial charge in [0.25, 0.3) is 0 Å². The van der Waals surface area contributed by atoms with Crippen LogP contribution in [0.4, 0.5) is 5.69 Å². The van der Waals surface area contributed by atoms with Gasteiger partial charge in [0, 0.05) is 30.8 Å². The predicted octanol–water partition coefficient (Wildman–Crippen LogP) is 1.84. The fourth-order valence-corrected chi connectivity index (χ4v) is 1.62. The lowest BCUT2D eigenvalue weighted by Gasteiger charge is -2.10. The maximum Gasteiger partial charge on any atom is 0.117 e. The second-order valence-electron chi connectivity index (χ2n) is 3.66. The number of ether oxygens (including phenoxy) is 1. The zero-order valence-corrected chi connectivity index (χ0v) is 8.07. The standard InChI is InChI=1S/C11H15NO2/c13-11-3-1-2-10(6-11)12-7-9-4-5-14-8-9/h1-3,6,9,12-13H,4-5,7-8H2. The zero-order chi connectivity index (χ0) is 9.80. The van der Waals surface area contributed by atoms with Crippen molar-refractivity contribution in [1.29, 1.82) is 0 Å². The minimum absolute atomic E-state index is 0.303. The highest BCUT2D eigenvalue weighted by Crippen LogP contribution is 2.17. The van der Waals surface area contributed by atoms with Crippen LogP contribution in [0, 0.1) is 5.92 Å². The van der Waals surface area contributed by atoms with Gasteiger partial charge in [0.1, 0.15) is 5.75 Å². The summed E-state index contributed by atoms with van der Waals surface area (Å²) < 4.78 is 5.28. The second kappa shape index (κ2) is 4.33. The number of aromatic hydroxyl groups is 1. The van der Waals surface area contributed by atoms with Crippen LogP contribution >= 0.6 is 0 Å². The summed E-state index contributed by atoms with van der Waals surface area (Å²) in [5.41, 5.74) is 0.969. The summed E-state index contributed by atoms with van der Waals surface area (Å²) in [6.45, 7) is 2.65. The number of hydrogen-bond donors (Lipinski definition) is 2. The maximum absolute atomic E-state index is 9.24. The molecule has 0 aromatic heterocycles. The van der Waals surface area contributed by atoms with E-state index in [2.05, 4.69) is 5.32 Å². The Kier molecular flexibility index (Phi) is 2.89. The van der Waals surface area contributed by atoms with Gasteiger partial charge in [0.15, 0.2) is 0 Å². The highest BCUT2D eigenvalue weighted by molar-refractivity contribution is 5.47. The number of hydrogen-bond acceptors (Lipinski definition) is 3. The molecular formula is C11H15NO2. The smallest absolute Gasteiger partial charge is 0.117 e. The van der Waals surface area contributed by atoms with Crippen LogP contribution in [0.5, 0.6) is 5.75 Å². The van der Waals surface area contributed by atoms with Crippen molar-refractivity contribution in [2.75, 3.05) is 25.1 Å². The molecule has 1 aliphatic heterocycles. The molecule has 0 amide bonds. The molecule has 76 valence electrons. The molecule has 3 nitrogen and oxygen atoms in total. The van der Waals surface area contributed by atoms with Crippen LogP contribution in [0.2, 0.25) is 0 Å². The molecule has 1 atom stereocenters. The lowest BCUT2D eigenvalue weighted by atomic mass is 10.1. The molecule has 0 saturated carbocycles. The molecule has 0 radical (unpaired) electrons.